The number of carbonyl (C=O) groups is 2. The Morgan fingerprint density at radius 1 is 0.789 bits per heavy atom. The summed E-state index contributed by atoms with van der Waals surface area (Å²) in [6.07, 6.45) is 0. The smallest absolute Gasteiger partial charge is 0.309 e. The first-order valence-electron chi connectivity index (χ1n) is 5.20. The third-order valence-electron chi connectivity index (χ3n) is 1.42. The zero-order chi connectivity index (χ0) is 14.9. The molecule has 0 saturated carbocycles. The Bertz CT molecular complexity index is 377. The SMILES string of the molecule is C=O.NC(N)=O.Oc1ccccc1.c1ccccc1. The first-order chi connectivity index (χ1) is 9.13. The minimum atomic E-state index is -0.833. The van der Waals surface area contributed by atoms with Gasteiger partial charge in [0.25, 0.3) is 0 Å². The standard InChI is InChI=1S/C6H6O.C6H6.CH4N2O.CH2O/c7-6-4-2-1-3-5-6;1-2-4-6-5-3-1;2-1(3)4;1-2/h1-5,7H;1-6H;(H4,2,3,4);1H2. The van der Waals surface area contributed by atoms with Gasteiger partial charge in [0.1, 0.15) is 12.5 Å². The molecule has 5 N–H and O–H groups in total. The van der Waals surface area contributed by atoms with E-state index in [4.69, 9.17) is 14.7 Å². The van der Waals surface area contributed by atoms with Crippen molar-refractivity contribution in [2.75, 3.05) is 0 Å². The predicted octanol–water partition coefficient (Wildman–Crippen LogP) is 1.92. The summed E-state index contributed by atoms with van der Waals surface area (Å²) in [5.74, 6) is 0.322. The van der Waals surface area contributed by atoms with Crippen LogP contribution < -0.4 is 11.5 Å². The van der Waals surface area contributed by atoms with Crippen molar-refractivity contribution in [2.45, 2.75) is 0 Å². The summed E-state index contributed by atoms with van der Waals surface area (Å²) in [4.78, 5) is 17.0. The van der Waals surface area contributed by atoms with Gasteiger partial charge in [0.2, 0.25) is 0 Å². The van der Waals surface area contributed by atoms with Crippen molar-refractivity contribution >= 4 is 12.8 Å². The summed E-state index contributed by atoms with van der Waals surface area (Å²) in [6, 6.07) is 19.9. The quantitative estimate of drug-likeness (QED) is 0.675. The Balaban J connectivity index is 0. The molecule has 2 amide bonds. The largest absolute Gasteiger partial charge is 0.508 e. The third-order valence-corrected chi connectivity index (χ3v) is 1.42. The fourth-order valence-electron chi connectivity index (χ4n) is 0.813. The maximum absolute atomic E-state index is 9.00. The lowest BCUT2D eigenvalue weighted by molar-refractivity contribution is -0.0979. The van der Waals surface area contributed by atoms with Crippen LogP contribution in [-0.4, -0.2) is 17.9 Å². The number of rotatable bonds is 0. The number of nitrogens with two attached hydrogens (primary N) is 2. The number of hydrogen-bond acceptors (Lipinski definition) is 3. The first-order valence-corrected chi connectivity index (χ1v) is 5.20. The molecule has 5 heteroatoms. The molecule has 0 fully saturated rings. The molecule has 0 bridgehead atoms. The second-order valence-corrected chi connectivity index (χ2v) is 2.89. The minimum absolute atomic E-state index is 0.322. The molecule has 0 aliphatic rings. The molecule has 0 heterocycles. The van der Waals surface area contributed by atoms with E-state index in [1.54, 1.807) is 24.3 Å². The van der Waals surface area contributed by atoms with Gasteiger partial charge >= 0.3 is 6.03 Å². The number of para-hydroxylation sites is 1. The van der Waals surface area contributed by atoms with Gasteiger partial charge in [0.05, 0.1) is 0 Å². The van der Waals surface area contributed by atoms with E-state index in [0.717, 1.165) is 0 Å². The van der Waals surface area contributed by atoms with Crippen LogP contribution in [0.4, 0.5) is 4.79 Å². The normalized spacial score (nSPS) is 7.16. The predicted molar refractivity (Wildman–Crippen MR) is 75.4 cm³/mol. The zero-order valence-corrected chi connectivity index (χ0v) is 10.5. The van der Waals surface area contributed by atoms with Crippen LogP contribution in [0.1, 0.15) is 0 Å². The topological polar surface area (TPSA) is 106 Å². The van der Waals surface area contributed by atoms with Crippen molar-refractivity contribution < 1.29 is 14.7 Å². The highest BCUT2D eigenvalue weighted by atomic mass is 16.3. The maximum atomic E-state index is 9.00. The van der Waals surface area contributed by atoms with Gasteiger partial charge in [-0.3, -0.25) is 0 Å². The van der Waals surface area contributed by atoms with E-state index in [-0.39, 0.29) is 0 Å². The second-order valence-electron chi connectivity index (χ2n) is 2.89. The van der Waals surface area contributed by atoms with Gasteiger partial charge in [-0.2, -0.15) is 0 Å². The van der Waals surface area contributed by atoms with Crippen molar-refractivity contribution in [3.63, 3.8) is 0 Å². The number of hydrogen-bond donors (Lipinski definition) is 3. The van der Waals surface area contributed by atoms with Crippen molar-refractivity contribution in [2.24, 2.45) is 11.5 Å². The molecular weight excluding hydrogens is 244 g/mol. The average molecular weight is 262 g/mol. The van der Waals surface area contributed by atoms with Crippen LogP contribution in [0.15, 0.2) is 66.7 Å². The van der Waals surface area contributed by atoms with Gasteiger partial charge < -0.3 is 21.4 Å². The zero-order valence-electron chi connectivity index (χ0n) is 10.5. The lowest BCUT2D eigenvalue weighted by Gasteiger charge is -1.82. The highest BCUT2D eigenvalue weighted by molar-refractivity contribution is 5.69. The molecule has 0 unspecified atom stereocenters. The Kier molecular flexibility index (Phi) is 14.8. The summed E-state index contributed by atoms with van der Waals surface area (Å²) in [7, 11) is 0. The van der Waals surface area contributed by atoms with Crippen molar-refractivity contribution in [1.82, 2.24) is 0 Å². The minimum Gasteiger partial charge on any atom is -0.508 e. The molecule has 0 aliphatic carbocycles. The summed E-state index contributed by atoms with van der Waals surface area (Å²) < 4.78 is 0. The van der Waals surface area contributed by atoms with E-state index in [1.165, 1.54) is 0 Å². The molecule has 19 heavy (non-hydrogen) atoms. The number of primary amides is 2. The van der Waals surface area contributed by atoms with Gasteiger partial charge in [-0.15, -0.1) is 0 Å². The molecule has 0 atom stereocenters. The van der Waals surface area contributed by atoms with Crippen LogP contribution in [0.2, 0.25) is 0 Å². The van der Waals surface area contributed by atoms with Gasteiger partial charge in [-0.05, 0) is 12.1 Å². The van der Waals surface area contributed by atoms with E-state index in [9.17, 15) is 0 Å². The van der Waals surface area contributed by atoms with Crippen LogP contribution in [0.3, 0.4) is 0 Å². The molecule has 0 saturated heterocycles. The number of carbonyl (C=O) groups excluding carboxylic acids is 2. The molecule has 102 valence electrons. The van der Waals surface area contributed by atoms with Crippen LogP contribution >= 0.6 is 0 Å². The summed E-state index contributed by atoms with van der Waals surface area (Å²) >= 11 is 0. The highest BCUT2D eigenvalue weighted by Crippen LogP contribution is 2.02. The third kappa shape index (κ3) is 21.1. The van der Waals surface area contributed by atoms with E-state index in [2.05, 4.69) is 11.5 Å². The van der Waals surface area contributed by atoms with Crippen molar-refractivity contribution in [3.05, 3.63) is 66.7 Å². The molecule has 0 aliphatic heterocycles. The van der Waals surface area contributed by atoms with E-state index in [0.29, 0.717) is 5.75 Å². The molecule has 0 aromatic heterocycles. The monoisotopic (exact) mass is 262 g/mol. The molecule has 5 nitrogen and oxygen atoms in total. The van der Waals surface area contributed by atoms with E-state index >= 15 is 0 Å². The Hall–Kier alpha value is -2.82. The van der Waals surface area contributed by atoms with Crippen LogP contribution in [-0.2, 0) is 4.79 Å². The van der Waals surface area contributed by atoms with Gasteiger partial charge in [0.15, 0.2) is 0 Å². The molecule has 2 aromatic rings. The number of benzene rings is 2. The van der Waals surface area contributed by atoms with Crippen molar-refractivity contribution in [1.29, 1.82) is 0 Å². The van der Waals surface area contributed by atoms with E-state index in [1.807, 2.05) is 49.3 Å². The Labute approximate surface area is 112 Å². The van der Waals surface area contributed by atoms with E-state index < -0.39 is 6.03 Å². The number of phenolic OH excluding ortho intramolecular Hbond substituents is 1. The average Bonchev–Trinajstić information content (AvgIpc) is 2.44. The fraction of sp³-hybridized carbons (Fsp3) is 0. The second kappa shape index (κ2) is 15.2. The number of phenols is 1. The number of amides is 2. The van der Waals surface area contributed by atoms with Crippen LogP contribution in [0.5, 0.6) is 5.75 Å². The molecule has 2 rings (SSSR count). The lowest BCUT2D eigenvalue weighted by Crippen LogP contribution is -2.18. The van der Waals surface area contributed by atoms with Gasteiger partial charge in [-0.25, -0.2) is 4.79 Å². The Morgan fingerprint density at radius 2 is 1.00 bits per heavy atom. The van der Waals surface area contributed by atoms with Gasteiger partial charge in [-0.1, -0.05) is 54.6 Å². The number of aromatic hydroxyl groups is 1. The van der Waals surface area contributed by atoms with Crippen LogP contribution in [0, 0.1) is 0 Å². The molecule has 2 aromatic carbocycles. The highest BCUT2D eigenvalue weighted by Gasteiger charge is 1.74. The summed E-state index contributed by atoms with van der Waals surface area (Å²) in [5, 5.41) is 8.63. The summed E-state index contributed by atoms with van der Waals surface area (Å²) in [5.41, 5.74) is 8.50. The maximum Gasteiger partial charge on any atom is 0.309 e. The molecular formula is C14H18N2O3. The van der Waals surface area contributed by atoms with Crippen molar-refractivity contribution in [3.8, 4) is 5.75 Å². The lowest BCUT2D eigenvalue weighted by atomic mass is 10.3. The first kappa shape index (κ1) is 18.5. The Morgan fingerprint density at radius 3 is 1.16 bits per heavy atom. The number of urea groups is 1. The van der Waals surface area contributed by atoms with Crippen LogP contribution in [0.25, 0.3) is 0 Å². The molecule has 0 spiro atoms. The van der Waals surface area contributed by atoms with Gasteiger partial charge in [0, 0.05) is 0 Å². The summed E-state index contributed by atoms with van der Waals surface area (Å²) in [6.45, 7) is 2.00. The fourth-order valence-corrected chi connectivity index (χ4v) is 0.813. The molecule has 0 radical (unpaired) electrons.